The molecule has 0 spiro atoms. The van der Waals surface area contributed by atoms with Gasteiger partial charge in [-0.15, -0.1) is 0 Å². The van der Waals surface area contributed by atoms with Crippen molar-refractivity contribution in [2.75, 3.05) is 11.5 Å². The Morgan fingerprint density at radius 1 is 1.53 bits per heavy atom. The fraction of sp³-hybridized carbons (Fsp3) is 0.222. The summed E-state index contributed by atoms with van der Waals surface area (Å²) < 4.78 is 0. The summed E-state index contributed by atoms with van der Waals surface area (Å²) in [5, 5.41) is 8.01. The molecule has 1 amide bonds. The van der Waals surface area contributed by atoms with E-state index < -0.39 is 17.9 Å². The minimum absolute atomic E-state index is 0.127. The van der Waals surface area contributed by atoms with E-state index in [9.17, 15) is 9.59 Å². The fourth-order valence-electron chi connectivity index (χ4n) is 0.702. The predicted octanol–water partition coefficient (Wildman–Crippen LogP) is -0.909. The van der Waals surface area contributed by atoms with Crippen LogP contribution < -0.4 is 17.2 Å². The van der Waals surface area contributed by atoms with Gasteiger partial charge in [-0.25, -0.2) is 4.98 Å². The second-order valence-corrected chi connectivity index (χ2v) is 3.30. The first-order chi connectivity index (χ1) is 7.90. The lowest BCUT2D eigenvalue weighted by atomic mass is 10.3. The first-order valence-corrected chi connectivity index (χ1v) is 5.13. The Bertz CT molecular complexity index is 400. The van der Waals surface area contributed by atoms with E-state index in [0.29, 0.717) is 5.69 Å². The number of carbonyl (C=O) groups excluding carboxylic acids is 1. The third-order valence-electron chi connectivity index (χ3n) is 1.59. The van der Waals surface area contributed by atoms with Gasteiger partial charge in [-0.05, 0) is 12.1 Å². The van der Waals surface area contributed by atoms with Crippen molar-refractivity contribution >= 4 is 30.2 Å². The van der Waals surface area contributed by atoms with Crippen LogP contribution in [0.4, 0.5) is 5.69 Å². The minimum atomic E-state index is -1.00. The van der Waals surface area contributed by atoms with Crippen LogP contribution in [0.2, 0.25) is 0 Å². The molecule has 0 radical (unpaired) electrons. The number of amides is 1. The largest absolute Gasteiger partial charge is 0.480 e. The third kappa shape index (κ3) is 5.73. The molecule has 7 nitrogen and oxygen atoms in total. The number of carbonyl (C=O) groups is 2. The lowest BCUT2D eigenvalue weighted by molar-refractivity contribution is -0.137. The molecular formula is C9H14N4O3S. The van der Waals surface area contributed by atoms with Crippen molar-refractivity contribution < 1.29 is 14.7 Å². The fourth-order valence-corrected chi connectivity index (χ4v) is 0.858. The van der Waals surface area contributed by atoms with E-state index in [2.05, 4.69) is 17.6 Å². The summed E-state index contributed by atoms with van der Waals surface area (Å²) in [6, 6.07) is 2.40. The molecule has 0 aliphatic carbocycles. The number of aliphatic carboxylic acids is 1. The van der Waals surface area contributed by atoms with Crippen LogP contribution in [0.5, 0.6) is 0 Å². The number of hydrogen-bond donors (Lipinski definition) is 5. The van der Waals surface area contributed by atoms with Crippen LogP contribution in [0, 0.1) is 0 Å². The zero-order valence-electron chi connectivity index (χ0n) is 8.91. The minimum Gasteiger partial charge on any atom is -0.480 e. The maximum atomic E-state index is 10.5. The van der Waals surface area contributed by atoms with Gasteiger partial charge in [0, 0.05) is 11.9 Å². The van der Waals surface area contributed by atoms with E-state index in [1.807, 2.05) is 0 Å². The number of nitrogens with zero attached hydrogens (tertiary/aromatic N) is 1. The van der Waals surface area contributed by atoms with E-state index in [4.69, 9.17) is 22.3 Å². The number of hydrogen-bond acceptors (Lipinski definition) is 6. The number of nitrogen functional groups attached to an aromatic ring is 1. The highest BCUT2D eigenvalue weighted by Gasteiger charge is 2.06. The van der Waals surface area contributed by atoms with Gasteiger partial charge in [-0.3, -0.25) is 9.59 Å². The lowest BCUT2D eigenvalue weighted by Crippen LogP contribution is -2.31. The summed E-state index contributed by atoms with van der Waals surface area (Å²) in [6.45, 7) is 0. The summed E-state index contributed by atoms with van der Waals surface area (Å²) in [6.07, 6.45) is 1.47. The van der Waals surface area contributed by atoms with Gasteiger partial charge >= 0.3 is 5.97 Å². The number of thiol groups is 1. The Morgan fingerprint density at radius 2 is 2.12 bits per heavy atom. The molecule has 17 heavy (non-hydrogen) atoms. The maximum Gasteiger partial charge on any atom is 0.321 e. The molecule has 7 N–H and O–H groups in total. The highest BCUT2D eigenvalue weighted by molar-refractivity contribution is 7.80. The van der Waals surface area contributed by atoms with Crippen LogP contribution in [-0.2, 0) is 4.79 Å². The average Bonchev–Trinajstić information content (AvgIpc) is 2.28. The maximum absolute atomic E-state index is 10.5. The van der Waals surface area contributed by atoms with Crippen molar-refractivity contribution in [2.45, 2.75) is 6.04 Å². The van der Waals surface area contributed by atoms with Crippen molar-refractivity contribution in [1.82, 2.24) is 4.98 Å². The van der Waals surface area contributed by atoms with Crippen LogP contribution in [0.25, 0.3) is 0 Å². The molecule has 0 saturated heterocycles. The summed E-state index contributed by atoms with van der Waals surface area (Å²) >= 11 is 3.65. The number of primary amides is 1. The summed E-state index contributed by atoms with van der Waals surface area (Å²) in [5.41, 5.74) is 15.7. The molecule has 1 heterocycles. The molecule has 0 aromatic carbocycles. The van der Waals surface area contributed by atoms with Gasteiger partial charge in [0.15, 0.2) is 5.69 Å². The van der Waals surface area contributed by atoms with E-state index in [1.54, 1.807) is 12.1 Å². The smallest absolute Gasteiger partial charge is 0.321 e. The van der Waals surface area contributed by atoms with Gasteiger partial charge in [0.25, 0.3) is 5.91 Å². The molecule has 1 aromatic heterocycles. The van der Waals surface area contributed by atoms with Gasteiger partial charge in [0.05, 0.1) is 5.69 Å². The van der Waals surface area contributed by atoms with Crippen molar-refractivity contribution in [2.24, 2.45) is 11.5 Å². The molecule has 0 bridgehead atoms. The standard InChI is InChI=1S/C6H7N3O.C3H7NO2S/c7-4-2-1-3-9-5(4)6(8)10;4-2(1-7)3(5)6/h1-3H,7H2,(H2,8,10);2,7H,1,4H2,(H,5,6)/t;2-/m.0/s1. The van der Waals surface area contributed by atoms with Crippen molar-refractivity contribution in [3.8, 4) is 0 Å². The average molecular weight is 258 g/mol. The normalized spacial score (nSPS) is 10.9. The van der Waals surface area contributed by atoms with Gasteiger partial charge in [-0.2, -0.15) is 12.6 Å². The molecule has 1 atom stereocenters. The topological polar surface area (TPSA) is 145 Å². The number of anilines is 1. The number of carboxylic acids is 1. The predicted molar refractivity (Wildman–Crippen MR) is 66.6 cm³/mol. The second kappa shape index (κ2) is 7.47. The number of nitrogens with two attached hydrogens (primary N) is 3. The third-order valence-corrected chi connectivity index (χ3v) is 1.98. The monoisotopic (exact) mass is 258 g/mol. The SMILES string of the molecule is NC(=O)c1ncccc1N.N[C@@H](CS)C(=O)O. The van der Waals surface area contributed by atoms with Crippen LogP contribution >= 0.6 is 12.6 Å². The Morgan fingerprint density at radius 3 is 2.35 bits per heavy atom. The Kier molecular flexibility index (Phi) is 6.68. The van der Waals surface area contributed by atoms with E-state index in [-0.39, 0.29) is 11.4 Å². The first kappa shape index (κ1) is 15.2. The molecule has 8 heteroatoms. The Labute approximate surface area is 103 Å². The molecule has 0 saturated carbocycles. The van der Waals surface area contributed by atoms with Gasteiger partial charge in [0.2, 0.25) is 0 Å². The number of pyridine rings is 1. The van der Waals surface area contributed by atoms with E-state index >= 15 is 0 Å². The first-order valence-electron chi connectivity index (χ1n) is 4.49. The van der Waals surface area contributed by atoms with Crippen LogP contribution in [0.15, 0.2) is 18.3 Å². The lowest BCUT2D eigenvalue weighted by Gasteiger charge is -1.96. The number of rotatable bonds is 3. The van der Waals surface area contributed by atoms with Crippen LogP contribution in [0.1, 0.15) is 10.5 Å². The zero-order valence-corrected chi connectivity index (χ0v) is 9.80. The van der Waals surface area contributed by atoms with Gasteiger partial charge in [0.1, 0.15) is 6.04 Å². The molecule has 0 aliphatic heterocycles. The highest BCUT2D eigenvalue weighted by atomic mass is 32.1. The number of carboxylic acid groups (broad SMARTS) is 1. The van der Waals surface area contributed by atoms with Crippen LogP contribution in [0.3, 0.4) is 0 Å². The Hall–Kier alpha value is -1.80. The van der Waals surface area contributed by atoms with Gasteiger partial charge < -0.3 is 22.3 Å². The highest BCUT2D eigenvalue weighted by Crippen LogP contribution is 2.04. The molecular weight excluding hydrogens is 244 g/mol. The summed E-state index contributed by atoms with van der Waals surface area (Å²) in [7, 11) is 0. The molecule has 0 fully saturated rings. The summed E-state index contributed by atoms with van der Waals surface area (Å²) in [5.74, 6) is -1.41. The number of aromatic nitrogens is 1. The molecule has 94 valence electrons. The Balaban J connectivity index is 0.000000325. The van der Waals surface area contributed by atoms with E-state index in [1.165, 1.54) is 6.20 Å². The van der Waals surface area contributed by atoms with Crippen LogP contribution in [-0.4, -0.2) is 33.8 Å². The molecule has 0 aliphatic rings. The quantitative estimate of drug-likeness (QED) is 0.444. The van der Waals surface area contributed by atoms with Gasteiger partial charge in [-0.1, -0.05) is 0 Å². The van der Waals surface area contributed by atoms with Crippen molar-refractivity contribution in [3.05, 3.63) is 24.0 Å². The molecule has 1 rings (SSSR count). The second-order valence-electron chi connectivity index (χ2n) is 2.93. The molecule has 0 unspecified atom stereocenters. The zero-order chi connectivity index (χ0) is 13.4. The molecule has 1 aromatic rings. The summed E-state index contributed by atoms with van der Waals surface area (Å²) in [4.78, 5) is 23.9. The van der Waals surface area contributed by atoms with Crippen molar-refractivity contribution in [1.29, 1.82) is 0 Å². The van der Waals surface area contributed by atoms with Crippen molar-refractivity contribution in [3.63, 3.8) is 0 Å². The van der Waals surface area contributed by atoms with E-state index in [0.717, 1.165) is 0 Å².